The lowest BCUT2D eigenvalue weighted by Gasteiger charge is -2.07. The zero-order chi connectivity index (χ0) is 21.0. The van der Waals surface area contributed by atoms with Crippen LogP contribution in [0.4, 0.5) is 5.88 Å². The molecular weight excluding hydrogens is 380 g/mol. The lowest BCUT2D eigenvalue weighted by Crippen LogP contribution is -2.13. The van der Waals surface area contributed by atoms with Crippen LogP contribution in [-0.2, 0) is 16.1 Å². The molecule has 3 aromatic rings. The average Bonchev–Trinajstić information content (AvgIpc) is 3.42. The van der Waals surface area contributed by atoms with Crippen LogP contribution in [0, 0.1) is 24.0 Å². The predicted molar refractivity (Wildman–Crippen MR) is 101 cm³/mol. The number of ether oxygens (including phenoxy) is 1. The number of esters is 1. The van der Waals surface area contributed by atoms with E-state index in [-0.39, 0.29) is 11.5 Å². The van der Waals surface area contributed by atoms with E-state index in [0.717, 1.165) is 23.2 Å². The summed E-state index contributed by atoms with van der Waals surface area (Å²) in [7, 11) is 0. The second kappa shape index (κ2) is 8.42. The van der Waals surface area contributed by atoms with Crippen molar-refractivity contribution in [2.45, 2.75) is 20.4 Å². The van der Waals surface area contributed by atoms with Gasteiger partial charge in [0.1, 0.15) is 16.4 Å². The molecule has 0 aliphatic rings. The highest BCUT2D eigenvalue weighted by Crippen LogP contribution is 2.19. The fraction of sp³-hybridized carbons (Fsp3) is 0.200. The van der Waals surface area contributed by atoms with Gasteiger partial charge in [0.15, 0.2) is 6.61 Å². The molecule has 0 saturated carbocycles. The van der Waals surface area contributed by atoms with Crippen molar-refractivity contribution in [3.05, 3.63) is 81.3 Å². The number of nitrogens with zero attached hydrogens (tertiary/aromatic N) is 2. The van der Waals surface area contributed by atoms with E-state index in [1.165, 1.54) is 18.2 Å². The minimum absolute atomic E-state index is 0.126. The van der Waals surface area contributed by atoms with Crippen molar-refractivity contribution < 1.29 is 28.1 Å². The summed E-state index contributed by atoms with van der Waals surface area (Å²) in [6.07, 6.45) is 3.86. The van der Waals surface area contributed by atoms with Crippen molar-refractivity contribution in [2.75, 3.05) is 6.61 Å². The van der Waals surface area contributed by atoms with Gasteiger partial charge in [-0.15, -0.1) is 0 Å². The fourth-order valence-corrected chi connectivity index (χ4v) is 2.83. The van der Waals surface area contributed by atoms with E-state index in [0.29, 0.717) is 12.1 Å². The van der Waals surface area contributed by atoms with Gasteiger partial charge in [-0.05, 0) is 44.2 Å². The first-order chi connectivity index (χ1) is 13.8. The second-order valence-electron chi connectivity index (χ2n) is 6.25. The van der Waals surface area contributed by atoms with Crippen LogP contribution in [0.15, 0.2) is 51.5 Å². The van der Waals surface area contributed by atoms with Crippen LogP contribution in [0.5, 0.6) is 0 Å². The third-order valence-corrected chi connectivity index (χ3v) is 4.29. The van der Waals surface area contributed by atoms with Crippen LogP contribution in [0.1, 0.15) is 33.3 Å². The van der Waals surface area contributed by atoms with Gasteiger partial charge >= 0.3 is 11.9 Å². The van der Waals surface area contributed by atoms with Gasteiger partial charge in [-0.25, -0.2) is 4.79 Å². The highest BCUT2D eigenvalue weighted by Gasteiger charge is 2.17. The van der Waals surface area contributed by atoms with Crippen LogP contribution >= 0.6 is 0 Å². The van der Waals surface area contributed by atoms with Crippen LogP contribution in [-0.4, -0.2) is 27.8 Å². The highest BCUT2D eigenvalue weighted by molar-refractivity contribution is 6.00. The minimum Gasteiger partial charge on any atom is -0.467 e. The monoisotopic (exact) mass is 398 g/mol. The van der Waals surface area contributed by atoms with Crippen LogP contribution < -0.4 is 0 Å². The van der Waals surface area contributed by atoms with Crippen molar-refractivity contribution in [1.82, 2.24) is 4.57 Å². The fourth-order valence-electron chi connectivity index (χ4n) is 2.83. The molecule has 0 bridgehead atoms. The molecule has 0 saturated heterocycles. The largest absolute Gasteiger partial charge is 0.467 e. The molecule has 9 heteroatoms. The number of nitro groups is 1. The molecule has 150 valence electrons. The van der Waals surface area contributed by atoms with E-state index in [2.05, 4.69) is 0 Å². The third-order valence-electron chi connectivity index (χ3n) is 4.29. The van der Waals surface area contributed by atoms with E-state index in [1.54, 1.807) is 18.4 Å². The maximum atomic E-state index is 12.5. The van der Waals surface area contributed by atoms with Gasteiger partial charge in [0.2, 0.25) is 5.78 Å². The number of carbonyl (C=O) groups excluding carboxylic acids is 2. The SMILES string of the molecule is Cc1cc(C(=O)COC(=O)/C=C/c2ccc([N+](=O)[O-])o2)c(C)n1Cc1ccco1. The smallest absolute Gasteiger partial charge is 0.433 e. The van der Waals surface area contributed by atoms with Gasteiger partial charge in [0.25, 0.3) is 0 Å². The van der Waals surface area contributed by atoms with Crippen molar-refractivity contribution >= 4 is 23.7 Å². The van der Waals surface area contributed by atoms with Gasteiger partial charge in [0, 0.05) is 23.0 Å². The Kier molecular flexibility index (Phi) is 5.77. The maximum absolute atomic E-state index is 12.5. The molecule has 3 heterocycles. The summed E-state index contributed by atoms with van der Waals surface area (Å²) in [5, 5.41) is 10.6. The average molecular weight is 398 g/mol. The van der Waals surface area contributed by atoms with Gasteiger partial charge in [0.05, 0.1) is 18.9 Å². The molecular formula is C20H18N2O7. The Morgan fingerprint density at radius 2 is 2.07 bits per heavy atom. The molecule has 0 radical (unpaired) electrons. The Balaban J connectivity index is 1.59. The molecule has 29 heavy (non-hydrogen) atoms. The van der Waals surface area contributed by atoms with Crippen molar-refractivity contribution in [1.29, 1.82) is 0 Å². The van der Waals surface area contributed by atoms with Gasteiger partial charge in [-0.1, -0.05) is 0 Å². The van der Waals surface area contributed by atoms with Gasteiger partial charge in [-0.2, -0.15) is 0 Å². The van der Waals surface area contributed by atoms with Crippen LogP contribution in [0.2, 0.25) is 0 Å². The van der Waals surface area contributed by atoms with E-state index >= 15 is 0 Å². The Morgan fingerprint density at radius 1 is 1.28 bits per heavy atom. The van der Waals surface area contributed by atoms with Crippen LogP contribution in [0.3, 0.4) is 0 Å². The predicted octanol–water partition coefficient (Wildman–Crippen LogP) is 3.69. The molecule has 0 aliphatic carbocycles. The second-order valence-corrected chi connectivity index (χ2v) is 6.25. The van der Waals surface area contributed by atoms with Gasteiger partial charge < -0.3 is 18.1 Å². The summed E-state index contributed by atoms with van der Waals surface area (Å²) in [5.74, 6) is -0.638. The number of hydrogen-bond acceptors (Lipinski definition) is 7. The first kappa shape index (κ1) is 19.9. The number of hydrogen-bond donors (Lipinski definition) is 0. The summed E-state index contributed by atoms with van der Waals surface area (Å²) in [5.41, 5.74) is 2.10. The molecule has 0 aromatic carbocycles. The molecule has 9 nitrogen and oxygen atoms in total. The summed E-state index contributed by atoms with van der Waals surface area (Å²) >= 11 is 0. The number of rotatable bonds is 8. The van der Waals surface area contributed by atoms with E-state index in [9.17, 15) is 19.7 Å². The van der Waals surface area contributed by atoms with Crippen LogP contribution in [0.25, 0.3) is 6.08 Å². The third kappa shape index (κ3) is 4.70. The number of carbonyl (C=O) groups is 2. The maximum Gasteiger partial charge on any atom is 0.433 e. The standard InChI is InChI=1S/C20H18N2O7/c1-13-10-17(14(2)21(13)11-16-4-3-9-27-16)18(23)12-28-20(24)8-6-15-5-7-19(29-15)22(25)26/h3-10H,11-12H2,1-2H3/b8-6+. The molecule has 0 aliphatic heterocycles. The molecule has 3 rings (SSSR count). The quantitative estimate of drug-likeness (QED) is 0.187. The molecule has 0 atom stereocenters. The Bertz CT molecular complexity index is 1070. The summed E-state index contributed by atoms with van der Waals surface area (Å²) < 4.78 is 17.1. The summed E-state index contributed by atoms with van der Waals surface area (Å²) in [4.78, 5) is 34.1. The number of Topliss-reactive ketones (excluding diaryl/α,β-unsaturated/α-hetero) is 1. The zero-order valence-corrected chi connectivity index (χ0v) is 15.8. The van der Waals surface area contributed by atoms with E-state index in [4.69, 9.17) is 13.6 Å². The molecule has 0 amide bonds. The topological polar surface area (TPSA) is 118 Å². The number of aryl methyl sites for hydroxylation is 1. The number of ketones is 1. The molecule has 3 aromatic heterocycles. The Labute approximate surface area is 165 Å². The molecule has 0 unspecified atom stereocenters. The summed E-state index contributed by atoms with van der Waals surface area (Å²) in [6, 6.07) is 7.91. The lowest BCUT2D eigenvalue weighted by atomic mass is 10.1. The zero-order valence-electron chi connectivity index (χ0n) is 15.8. The number of furan rings is 2. The molecule has 0 fully saturated rings. The highest BCUT2D eigenvalue weighted by atomic mass is 16.6. The molecule has 0 N–H and O–H groups in total. The first-order valence-electron chi connectivity index (χ1n) is 8.66. The van der Waals surface area contributed by atoms with Crippen molar-refractivity contribution in [3.8, 4) is 0 Å². The number of aromatic nitrogens is 1. The Hall–Kier alpha value is -3.88. The molecule has 0 spiro atoms. The normalized spacial score (nSPS) is 11.1. The first-order valence-corrected chi connectivity index (χ1v) is 8.66. The van der Waals surface area contributed by atoms with Gasteiger partial charge in [-0.3, -0.25) is 14.9 Å². The van der Waals surface area contributed by atoms with Crippen molar-refractivity contribution in [3.63, 3.8) is 0 Å². The Morgan fingerprint density at radius 3 is 2.72 bits per heavy atom. The van der Waals surface area contributed by atoms with E-state index in [1.807, 2.05) is 24.5 Å². The minimum atomic E-state index is -0.762. The lowest BCUT2D eigenvalue weighted by molar-refractivity contribution is -0.402. The summed E-state index contributed by atoms with van der Waals surface area (Å²) in [6.45, 7) is 3.76. The van der Waals surface area contributed by atoms with Crippen molar-refractivity contribution in [2.24, 2.45) is 0 Å². The van der Waals surface area contributed by atoms with E-state index < -0.39 is 23.4 Å².